The van der Waals surface area contributed by atoms with Crippen LogP contribution in [0.3, 0.4) is 0 Å². The Morgan fingerprint density at radius 1 is 1.40 bits per heavy atom. The highest BCUT2D eigenvalue weighted by molar-refractivity contribution is 5.97. The largest absolute Gasteiger partial charge is 0.378 e. The van der Waals surface area contributed by atoms with Gasteiger partial charge in [0.15, 0.2) is 5.69 Å². The third-order valence-electron chi connectivity index (χ3n) is 2.91. The summed E-state index contributed by atoms with van der Waals surface area (Å²) in [6.45, 7) is 11.5. The van der Waals surface area contributed by atoms with E-state index in [4.69, 9.17) is 4.74 Å². The van der Waals surface area contributed by atoms with Crippen molar-refractivity contribution in [3.8, 4) is 0 Å². The normalized spacial score (nSPS) is 14.3. The fourth-order valence-corrected chi connectivity index (χ4v) is 2.02. The third kappa shape index (κ3) is 4.20. The summed E-state index contributed by atoms with van der Waals surface area (Å²) < 4.78 is 5.34. The number of ether oxygens (including phenoxy) is 1. The molecule has 2 heterocycles. The summed E-state index contributed by atoms with van der Waals surface area (Å²) in [5.41, 5.74) is 2.47. The van der Waals surface area contributed by atoms with Gasteiger partial charge in [-0.3, -0.25) is 4.79 Å². The summed E-state index contributed by atoms with van der Waals surface area (Å²) >= 11 is 0. The van der Waals surface area contributed by atoms with Gasteiger partial charge in [0.2, 0.25) is 0 Å². The minimum atomic E-state index is -0.112. The van der Waals surface area contributed by atoms with Crippen molar-refractivity contribution in [2.45, 2.75) is 27.7 Å². The van der Waals surface area contributed by atoms with E-state index in [0.29, 0.717) is 25.5 Å². The molecule has 0 unspecified atom stereocenters. The molecule has 1 N–H and O–H groups in total. The van der Waals surface area contributed by atoms with Crippen molar-refractivity contribution in [1.82, 2.24) is 10.3 Å². The highest BCUT2D eigenvalue weighted by atomic mass is 16.5. The minimum Gasteiger partial charge on any atom is -0.378 e. The number of carbonyl (C=O) groups excluding carboxylic acids is 1. The van der Waals surface area contributed by atoms with E-state index in [9.17, 15) is 4.79 Å². The van der Waals surface area contributed by atoms with Crippen LogP contribution in [0.5, 0.6) is 0 Å². The molecule has 5 heteroatoms. The zero-order valence-corrected chi connectivity index (χ0v) is 12.9. The summed E-state index contributed by atoms with van der Waals surface area (Å²) in [4.78, 5) is 18.4. The molecule has 0 aliphatic carbocycles. The Morgan fingerprint density at radius 2 is 2.05 bits per heavy atom. The van der Waals surface area contributed by atoms with Gasteiger partial charge in [-0.15, -0.1) is 0 Å². The van der Waals surface area contributed by atoms with E-state index in [-0.39, 0.29) is 5.91 Å². The summed E-state index contributed by atoms with van der Waals surface area (Å²) in [7, 11) is 0. The van der Waals surface area contributed by atoms with Crippen LogP contribution in [-0.4, -0.2) is 43.7 Å². The van der Waals surface area contributed by atoms with Crippen molar-refractivity contribution in [3.63, 3.8) is 0 Å². The van der Waals surface area contributed by atoms with Crippen molar-refractivity contribution >= 4 is 11.6 Å². The molecule has 0 radical (unpaired) electrons. The molecule has 1 amide bonds. The topological polar surface area (TPSA) is 54.5 Å². The van der Waals surface area contributed by atoms with Crippen molar-refractivity contribution in [2.75, 3.05) is 37.7 Å². The Balaban J connectivity index is 0.000000956. The number of amides is 1. The molecule has 112 valence electrons. The Morgan fingerprint density at radius 3 is 2.65 bits per heavy atom. The van der Waals surface area contributed by atoms with Crippen molar-refractivity contribution in [1.29, 1.82) is 0 Å². The van der Waals surface area contributed by atoms with Crippen molar-refractivity contribution in [3.05, 3.63) is 23.5 Å². The molecule has 1 aliphatic heterocycles. The summed E-state index contributed by atoms with van der Waals surface area (Å²) in [5, 5.41) is 2.80. The second kappa shape index (κ2) is 8.53. The van der Waals surface area contributed by atoms with Gasteiger partial charge in [0.05, 0.1) is 18.9 Å². The van der Waals surface area contributed by atoms with Gasteiger partial charge in [0.1, 0.15) is 0 Å². The van der Waals surface area contributed by atoms with Gasteiger partial charge in [0.25, 0.3) is 5.91 Å². The highest BCUT2D eigenvalue weighted by Gasteiger charge is 2.19. The average Bonchev–Trinajstić information content (AvgIpc) is 2.50. The lowest BCUT2D eigenvalue weighted by Crippen LogP contribution is -2.38. The van der Waals surface area contributed by atoms with Crippen molar-refractivity contribution < 1.29 is 9.53 Å². The Labute approximate surface area is 121 Å². The number of hydrogen-bond acceptors (Lipinski definition) is 4. The number of rotatable bonds is 3. The van der Waals surface area contributed by atoms with Crippen LogP contribution in [0, 0.1) is 6.92 Å². The van der Waals surface area contributed by atoms with Gasteiger partial charge in [0, 0.05) is 25.8 Å². The molecule has 0 atom stereocenters. The van der Waals surface area contributed by atoms with Gasteiger partial charge in [-0.05, 0) is 25.5 Å². The van der Waals surface area contributed by atoms with Gasteiger partial charge < -0.3 is 15.0 Å². The molecule has 20 heavy (non-hydrogen) atoms. The van der Waals surface area contributed by atoms with E-state index in [1.54, 1.807) is 6.20 Å². The van der Waals surface area contributed by atoms with Crippen molar-refractivity contribution in [2.24, 2.45) is 0 Å². The maximum Gasteiger partial charge on any atom is 0.272 e. The molecule has 1 fully saturated rings. The predicted octanol–water partition coefficient (Wildman–Crippen LogP) is 2.00. The van der Waals surface area contributed by atoms with Gasteiger partial charge in [-0.25, -0.2) is 4.98 Å². The Bertz CT molecular complexity index is 429. The van der Waals surface area contributed by atoms with Crippen LogP contribution in [0.1, 0.15) is 36.8 Å². The standard InChI is InChI=1S/C13H19N3O2.C2H6/c1-3-14-13(17)12-11(8-10(2)9-15-12)16-4-6-18-7-5-16;1-2/h8-9H,3-7H2,1-2H3,(H,14,17);1-2H3. The number of nitrogens with zero attached hydrogens (tertiary/aromatic N) is 2. The number of carbonyl (C=O) groups is 1. The SMILES string of the molecule is CC.CCNC(=O)c1ncc(C)cc1N1CCOCC1. The lowest BCUT2D eigenvalue weighted by molar-refractivity contribution is 0.0949. The first kappa shape index (κ1) is 16.4. The van der Waals surface area contributed by atoms with Crippen LogP contribution < -0.4 is 10.2 Å². The first-order chi connectivity index (χ1) is 9.72. The van der Waals surface area contributed by atoms with E-state index in [1.165, 1.54) is 0 Å². The van der Waals surface area contributed by atoms with Crippen LogP contribution in [0.2, 0.25) is 0 Å². The maximum absolute atomic E-state index is 12.0. The second-order valence-electron chi connectivity index (χ2n) is 4.34. The number of aryl methyl sites for hydroxylation is 1. The quantitative estimate of drug-likeness (QED) is 0.919. The second-order valence-corrected chi connectivity index (χ2v) is 4.34. The summed E-state index contributed by atoms with van der Waals surface area (Å²) in [5.74, 6) is -0.112. The van der Waals surface area contributed by atoms with E-state index >= 15 is 0 Å². The number of aromatic nitrogens is 1. The number of anilines is 1. The smallest absolute Gasteiger partial charge is 0.272 e. The molecule has 5 nitrogen and oxygen atoms in total. The Kier molecular flexibility index (Phi) is 7.01. The molecule has 1 aliphatic rings. The minimum absolute atomic E-state index is 0.112. The van der Waals surface area contributed by atoms with Gasteiger partial charge >= 0.3 is 0 Å². The molecule has 1 saturated heterocycles. The van der Waals surface area contributed by atoms with Crippen LogP contribution in [0.4, 0.5) is 5.69 Å². The summed E-state index contributed by atoms with van der Waals surface area (Å²) in [6, 6.07) is 2.02. The maximum atomic E-state index is 12.0. The molecule has 0 bridgehead atoms. The van der Waals surface area contributed by atoms with E-state index < -0.39 is 0 Å². The van der Waals surface area contributed by atoms with E-state index in [1.807, 2.05) is 33.8 Å². The zero-order valence-electron chi connectivity index (χ0n) is 12.9. The van der Waals surface area contributed by atoms with Gasteiger partial charge in [-0.1, -0.05) is 13.8 Å². The molecule has 1 aromatic heterocycles. The van der Waals surface area contributed by atoms with E-state index in [2.05, 4.69) is 15.2 Å². The van der Waals surface area contributed by atoms with Crippen LogP contribution in [0.25, 0.3) is 0 Å². The zero-order chi connectivity index (χ0) is 15.0. The highest BCUT2D eigenvalue weighted by Crippen LogP contribution is 2.21. The first-order valence-corrected chi connectivity index (χ1v) is 7.30. The molecule has 0 aromatic carbocycles. The number of pyridine rings is 1. The number of nitrogens with one attached hydrogen (secondary N) is 1. The summed E-state index contributed by atoms with van der Waals surface area (Å²) in [6.07, 6.45) is 1.73. The van der Waals surface area contributed by atoms with Crippen LogP contribution >= 0.6 is 0 Å². The van der Waals surface area contributed by atoms with E-state index in [0.717, 1.165) is 24.3 Å². The van der Waals surface area contributed by atoms with Crippen LogP contribution in [-0.2, 0) is 4.74 Å². The molecule has 1 aromatic rings. The number of morpholine rings is 1. The molecular weight excluding hydrogens is 254 g/mol. The average molecular weight is 279 g/mol. The monoisotopic (exact) mass is 279 g/mol. The lowest BCUT2D eigenvalue weighted by Gasteiger charge is -2.30. The lowest BCUT2D eigenvalue weighted by atomic mass is 10.2. The predicted molar refractivity (Wildman–Crippen MR) is 81.4 cm³/mol. The first-order valence-electron chi connectivity index (χ1n) is 7.30. The fourth-order valence-electron chi connectivity index (χ4n) is 2.02. The molecule has 0 spiro atoms. The molecule has 2 rings (SSSR count). The molecular formula is C15H25N3O2. The fraction of sp³-hybridized carbons (Fsp3) is 0.600. The third-order valence-corrected chi connectivity index (χ3v) is 2.91. The van der Waals surface area contributed by atoms with Crippen LogP contribution in [0.15, 0.2) is 12.3 Å². The van der Waals surface area contributed by atoms with Gasteiger partial charge in [-0.2, -0.15) is 0 Å². The molecule has 0 saturated carbocycles. The number of hydrogen-bond donors (Lipinski definition) is 1. The Hall–Kier alpha value is -1.62.